The van der Waals surface area contributed by atoms with Gasteiger partial charge in [-0.15, -0.1) is 0 Å². The summed E-state index contributed by atoms with van der Waals surface area (Å²) in [4.78, 5) is 0. The quantitative estimate of drug-likeness (QED) is 0.396. The van der Waals surface area contributed by atoms with Crippen molar-refractivity contribution in [3.05, 3.63) is 22.3 Å². The molecule has 1 nitrogen and oxygen atoms in total. The third kappa shape index (κ3) is 2.61. The predicted octanol–water partition coefficient (Wildman–Crippen LogP) is 5.39. The van der Waals surface area contributed by atoms with Gasteiger partial charge in [-0.25, -0.2) is 0 Å². The van der Waals surface area contributed by atoms with Crippen LogP contribution in [-0.2, 0) is 4.74 Å². The number of rotatable bonds is 0. The first-order chi connectivity index (χ1) is 10.7. The minimum Gasteiger partial charge on any atom is -0.350 e. The summed E-state index contributed by atoms with van der Waals surface area (Å²) in [7, 11) is 0. The molecule has 0 aromatic rings. The van der Waals surface area contributed by atoms with Gasteiger partial charge in [0.15, 0.2) is 0 Å². The van der Waals surface area contributed by atoms with Gasteiger partial charge in [0.1, 0.15) is 11.2 Å². The molecule has 0 fully saturated rings. The van der Waals surface area contributed by atoms with Crippen molar-refractivity contribution in [3.8, 4) is 0 Å². The van der Waals surface area contributed by atoms with Crippen molar-refractivity contribution in [1.82, 2.24) is 0 Å². The monoisotopic (exact) mass is 394 g/mol. The molecule has 2 aliphatic rings. The Hall–Kier alpha value is -1.40. The smallest absolute Gasteiger partial charge is 0.350 e. The van der Waals surface area contributed by atoms with Crippen LogP contribution in [-0.4, -0.2) is 35.9 Å². The van der Waals surface area contributed by atoms with Crippen molar-refractivity contribution in [3.63, 3.8) is 0 Å². The second-order valence-corrected chi connectivity index (χ2v) is 5.66. The van der Waals surface area contributed by atoms with Crippen molar-refractivity contribution in [2.45, 2.75) is 49.8 Å². The van der Waals surface area contributed by atoms with Crippen LogP contribution in [0.3, 0.4) is 0 Å². The van der Waals surface area contributed by atoms with Gasteiger partial charge in [0.05, 0.1) is 22.3 Å². The van der Waals surface area contributed by atoms with Crippen LogP contribution in [0.5, 0.6) is 0 Å². The van der Waals surface area contributed by atoms with Crippen LogP contribution in [0.4, 0.5) is 52.7 Å². The summed E-state index contributed by atoms with van der Waals surface area (Å²) in [5.41, 5.74) is -19.3. The Kier molecular flexibility index (Phi) is 3.71. The van der Waals surface area contributed by atoms with Crippen LogP contribution in [0.25, 0.3) is 0 Å². The fourth-order valence-electron chi connectivity index (χ4n) is 3.47. The Balaban J connectivity index is 3.01. The van der Waals surface area contributed by atoms with Crippen molar-refractivity contribution in [1.29, 1.82) is 0 Å². The molecular weight excluding hydrogens is 388 g/mol. The first-order valence-electron chi connectivity index (χ1n) is 6.18. The highest BCUT2D eigenvalue weighted by Crippen LogP contribution is 2.68. The van der Waals surface area contributed by atoms with E-state index in [1.54, 1.807) is 0 Å². The summed E-state index contributed by atoms with van der Waals surface area (Å²) in [6, 6.07) is 0. The zero-order valence-corrected chi connectivity index (χ0v) is 11.9. The van der Waals surface area contributed by atoms with Crippen LogP contribution < -0.4 is 0 Å². The molecule has 2 rings (SSSR count). The van der Waals surface area contributed by atoms with Gasteiger partial charge in [0, 0.05) is 0 Å². The first kappa shape index (κ1) is 19.9. The summed E-state index contributed by atoms with van der Waals surface area (Å²) in [5.74, 6) is 0. The van der Waals surface area contributed by atoms with E-state index in [4.69, 9.17) is 0 Å². The zero-order valence-electron chi connectivity index (χ0n) is 11.9. The number of ether oxygens (including phenoxy) is 1. The van der Waals surface area contributed by atoms with Crippen molar-refractivity contribution < 1.29 is 57.4 Å². The summed E-state index contributed by atoms with van der Waals surface area (Å²) < 4.78 is 161. The van der Waals surface area contributed by atoms with E-state index in [0.29, 0.717) is 0 Å². The molecule has 25 heavy (non-hydrogen) atoms. The third-order valence-electron chi connectivity index (χ3n) is 3.95. The molecule has 0 saturated carbocycles. The second kappa shape index (κ2) is 4.65. The maximum Gasteiger partial charge on any atom is 0.416 e. The highest BCUT2D eigenvalue weighted by atomic mass is 19.4. The molecule has 0 spiro atoms. The molecule has 0 radical (unpaired) electrons. The molecule has 2 bridgehead atoms. The lowest BCUT2D eigenvalue weighted by molar-refractivity contribution is -0.141. The van der Waals surface area contributed by atoms with Gasteiger partial charge in [-0.3, -0.25) is 0 Å². The maximum absolute atomic E-state index is 13.1. The standard InChI is InChI=1S/C12H6F12O/c1-7-3(9(13,14)15)5(11(19,20)21)8(2,25-7)6(12(22,23)24)4(7)10(16,17)18/h1-2H3. The van der Waals surface area contributed by atoms with Gasteiger partial charge in [-0.1, -0.05) is 0 Å². The molecular formula is C12H6F12O. The number of fused-ring (bicyclic) bond motifs is 2. The number of halogens is 12. The molecule has 0 aromatic carbocycles. The molecule has 0 unspecified atom stereocenters. The molecule has 0 aromatic heterocycles. The van der Waals surface area contributed by atoms with Crippen molar-refractivity contribution in [2.75, 3.05) is 0 Å². The average molecular weight is 394 g/mol. The minimum absolute atomic E-state index is 0.103. The van der Waals surface area contributed by atoms with Crippen LogP contribution in [0.1, 0.15) is 13.8 Å². The van der Waals surface area contributed by atoms with E-state index in [-0.39, 0.29) is 13.8 Å². The SMILES string of the molecule is CC12OC(C)(C(C(F)(F)F)=C1C(F)(F)F)C(C(F)(F)F)=C2C(F)(F)F. The normalized spacial score (nSPS) is 31.4. The predicted molar refractivity (Wildman–Crippen MR) is 56.2 cm³/mol. The minimum atomic E-state index is -6.01. The van der Waals surface area contributed by atoms with Gasteiger partial charge in [-0.05, 0) is 13.8 Å². The molecule has 0 amide bonds. The molecule has 0 atom stereocenters. The van der Waals surface area contributed by atoms with Crippen LogP contribution in [0.2, 0.25) is 0 Å². The lowest BCUT2D eigenvalue weighted by atomic mass is 9.72. The highest BCUT2D eigenvalue weighted by molar-refractivity contribution is 5.62. The number of hydrogen-bond acceptors (Lipinski definition) is 1. The Morgan fingerprint density at radius 3 is 0.760 bits per heavy atom. The molecule has 0 saturated heterocycles. The van der Waals surface area contributed by atoms with Gasteiger partial charge in [0.2, 0.25) is 0 Å². The second-order valence-electron chi connectivity index (χ2n) is 5.66. The molecule has 13 heteroatoms. The van der Waals surface area contributed by atoms with E-state index >= 15 is 0 Å². The lowest BCUT2D eigenvalue weighted by Gasteiger charge is -2.34. The average Bonchev–Trinajstić information content (AvgIpc) is 2.64. The topological polar surface area (TPSA) is 9.23 Å². The molecule has 2 aliphatic heterocycles. The summed E-state index contributed by atoms with van der Waals surface area (Å²) in [5, 5.41) is 0. The Labute approximate surface area is 130 Å². The van der Waals surface area contributed by atoms with Crippen molar-refractivity contribution >= 4 is 0 Å². The van der Waals surface area contributed by atoms with Crippen LogP contribution in [0, 0.1) is 0 Å². The first-order valence-corrected chi connectivity index (χ1v) is 6.18. The Bertz CT molecular complexity index is 560. The van der Waals surface area contributed by atoms with E-state index in [1.807, 2.05) is 0 Å². The maximum atomic E-state index is 13.1. The number of hydrogen-bond donors (Lipinski definition) is 0. The summed E-state index contributed by atoms with van der Waals surface area (Å²) in [6.45, 7) is -0.206. The van der Waals surface area contributed by atoms with Crippen LogP contribution >= 0.6 is 0 Å². The van der Waals surface area contributed by atoms with E-state index < -0.39 is 58.2 Å². The van der Waals surface area contributed by atoms with E-state index in [1.165, 1.54) is 0 Å². The zero-order chi connectivity index (χ0) is 20.0. The van der Waals surface area contributed by atoms with Gasteiger partial charge in [0.25, 0.3) is 0 Å². The summed E-state index contributed by atoms with van der Waals surface area (Å²) >= 11 is 0. The van der Waals surface area contributed by atoms with Gasteiger partial charge in [-0.2, -0.15) is 52.7 Å². The Morgan fingerprint density at radius 2 is 0.640 bits per heavy atom. The van der Waals surface area contributed by atoms with Crippen molar-refractivity contribution in [2.24, 2.45) is 0 Å². The number of alkyl halides is 12. The fourth-order valence-corrected chi connectivity index (χ4v) is 3.47. The fraction of sp³-hybridized carbons (Fsp3) is 0.667. The molecule has 2 heterocycles. The highest BCUT2D eigenvalue weighted by Gasteiger charge is 2.78. The van der Waals surface area contributed by atoms with E-state index in [2.05, 4.69) is 4.74 Å². The largest absolute Gasteiger partial charge is 0.416 e. The van der Waals surface area contributed by atoms with E-state index in [0.717, 1.165) is 0 Å². The van der Waals surface area contributed by atoms with Gasteiger partial charge < -0.3 is 4.74 Å². The van der Waals surface area contributed by atoms with E-state index in [9.17, 15) is 52.7 Å². The van der Waals surface area contributed by atoms with Gasteiger partial charge >= 0.3 is 24.7 Å². The Morgan fingerprint density at radius 1 is 0.480 bits per heavy atom. The summed E-state index contributed by atoms with van der Waals surface area (Å²) in [6.07, 6.45) is -24.0. The molecule has 0 N–H and O–H groups in total. The lowest BCUT2D eigenvalue weighted by Crippen LogP contribution is -2.45. The molecule has 0 aliphatic carbocycles. The third-order valence-corrected chi connectivity index (χ3v) is 3.95. The molecule has 144 valence electrons. The van der Waals surface area contributed by atoms with Crippen LogP contribution in [0.15, 0.2) is 22.3 Å².